The third-order valence-corrected chi connectivity index (χ3v) is 4.42. The van der Waals surface area contributed by atoms with Crippen LogP contribution in [0.1, 0.15) is 17.2 Å². The van der Waals surface area contributed by atoms with Crippen molar-refractivity contribution >= 4 is 11.5 Å². The van der Waals surface area contributed by atoms with Gasteiger partial charge < -0.3 is 14.9 Å². The van der Waals surface area contributed by atoms with Gasteiger partial charge in [0.2, 0.25) is 0 Å². The van der Waals surface area contributed by atoms with Gasteiger partial charge in [-0.1, -0.05) is 47.6 Å². The molecule has 26 heavy (non-hydrogen) atoms. The first-order chi connectivity index (χ1) is 12.7. The average Bonchev–Trinajstić information content (AvgIpc) is 3.30. The molecule has 0 amide bonds. The Balaban J connectivity index is 1.87. The van der Waals surface area contributed by atoms with Crippen LogP contribution in [0.2, 0.25) is 0 Å². The lowest BCUT2D eigenvalue weighted by Crippen LogP contribution is -2.35. The number of aromatic nitrogens is 4. The van der Waals surface area contributed by atoms with Gasteiger partial charge in [-0.25, -0.2) is 0 Å². The second kappa shape index (κ2) is 6.49. The molecular weight excluding hydrogens is 334 g/mol. The average molecular weight is 351 g/mol. The van der Waals surface area contributed by atoms with E-state index in [1.807, 2.05) is 54.6 Å². The molecule has 2 aromatic carbocycles. The van der Waals surface area contributed by atoms with E-state index in [0.29, 0.717) is 11.3 Å². The van der Waals surface area contributed by atoms with E-state index in [9.17, 15) is 10.2 Å². The van der Waals surface area contributed by atoms with Crippen molar-refractivity contribution in [3.63, 3.8) is 0 Å². The number of hydrogen-bond acceptors (Lipinski definition) is 7. The van der Waals surface area contributed by atoms with Crippen molar-refractivity contribution in [2.45, 2.75) is 12.3 Å². The summed E-state index contributed by atoms with van der Waals surface area (Å²) in [4.78, 5) is 1.52. The van der Waals surface area contributed by atoms with E-state index in [-0.39, 0.29) is 11.7 Å². The molecule has 0 radical (unpaired) electrons. The third-order valence-electron chi connectivity index (χ3n) is 4.42. The summed E-state index contributed by atoms with van der Waals surface area (Å²) in [5.74, 6) is 0.769. The van der Waals surface area contributed by atoms with Crippen LogP contribution in [-0.2, 0) is 0 Å². The summed E-state index contributed by atoms with van der Waals surface area (Å²) in [5, 5.41) is 35.3. The zero-order valence-electron chi connectivity index (χ0n) is 13.9. The first kappa shape index (κ1) is 16.1. The molecule has 0 spiro atoms. The number of aromatic amines is 1. The Kier molecular flexibility index (Phi) is 4.02. The number of aliphatic hydroxyl groups excluding tert-OH is 2. The van der Waals surface area contributed by atoms with Crippen LogP contribution in [0.4, 0.5) is 5.95 Å². The maximum Gasteiger partial charge on any atom is 0.268 e. The van der Waals surface area contributed by atoms with Crippen LogP contribution < -0.4 is 9.64 Å². The smallest absolute Gasteiger partial charge is 0.268 e. The van der Waals surface area contributed by atoms with Gasteiger partial charge in [0.1, 0.15) is 11.5 Å². The Hall–Kier alpha value is -3.39. The summed E-state index contributed by atoms with van der Waals surface area (Å²) in [7, 11) is 1.60. The molecule has 1 aliphatic rings. The molecule has 1 aliphatic heterocycles. The van der Waals surface area contributed by atoms with Crippen molar-refractivity contribution in [2.24, 2.45) is 0 Å². The normalized spacial score (nSPS) is 19.8. The van der Waals surface area contributed by atoms with Gasteiger partial charge in [0, 0.05) is 5.57 Å². The molecule has 1 aromatic heterocycles. The number of hydrogen-bond donors (Lipinski definition) is 3. The first-order valence-corrected chi connectivity index (χ1v) is 8.03. The Bertz CT molecular complexity index is 910. The Morgan fingerprint density at radius 2 is 1.81 bits per heavy atom. The molecule has 3 N–H and O–H groups in total. The zero-order valence-corrected chi connectivity index (χ0v) is 13.9. The van der Waals surface area contributed by atoms with Gasteiger partial charge in [-0.3, -0.25) is 4.90 Å². The number of benzene rings is 2. The van der Waals surface area contributed by atoms with Gasteiger partial charge in [-0.15, -0.1) is 5.10 Å². The van der Waals surface area contributed by atoms with Gasteiger partial charge in [0.25, 0.3) is 5.95 Å². The minimum Gasteiger partial charge on any atom is -0.507 e. The van der Waals surface area contributed by atoms with Gasteiger partial charge in [0.15, 0.2) is 6.23 Å². The van der Waals surface area contributed by atoms with Crippen LogP contribution in [0.15, 0.2) is 60.4 Å². The van der Waals surface area contributed by atoms with Gasteiger partial charge in [-0.05, 0) is 28.5 Å². The SMILES string of the molecule is COc1ccc(C2C(c3ccccc3)=C(O)C(O)N2c2nn[nH]n2)cc1. The van der Waals surface area contributed by atoms with E-state index in [1.54, 1.807) is 7.11 Å². The number of anilines is 1. The lowest BCUT2D eigenvalue weighted by Gasteiger charge is -2.28. The van der Waals surface area contributed by atoms with E-state index < -0.39 is 12.3 Å². The van der Waals surface area contributed by atoms with Crippen molar-refractivity contribution in [3.8, 4) is 5.75 Å². The number of rotatable bonds is 4. The second-order valence-corrected chi connectivity index (χ2v) is 5.83. The Morgan fingerprint density at radius 1 is 1.08 bits per heavy atom. The lowest BCUT2D eigenvalue weighted by atomic mass is 9.93. The fourth-order valence-electron chi connectivity index (χ4n) is 3.22. The van der Waals surface area contributed by atoms with Crippen LogP contribution in [0.25, 0.3) is 5.57 Å². The van der Waals surface area contributed by atoms with E-state index >= 15 is 0 Å². The molecule has 4 rings (SSSR count). The summed E-state index contributed by atoms with van der Waals surface area (Å²) < 4.78 is 5.22. The molecule has 3 aromatic rings. The highest BCUT2D eigenvalue weighted by Gasteiger charge is 2.43. The van der Waals surface area contributed by atoms with Crippen LogP contribution in [0.5, 0.6) is 5.75 Å². The predicted octanol–water partition coefficient (Wildman–Crippen LogP) is 2.06. The first-order valence-electron chi connectivity index (χ1n) is 8.03. The number of nitrogens with one attached hydrogen (secondary N) is 1. The van der Waals surface area contributed by atoms with Gasteiger partial charge >= 0.3 is 0 Å². The maximum absolute atomic E-state index is 10.7. The quantitative estimate of drug-likeness (QED) is 0.660. The summed E-state index contributed by atoms with van der Waals surface area (Å²) in [6.07, 6.45) is -1.28. The van der Waals surface area contributed by atoms with Gasteiger partial charge in [-0.2, -0.15) is 5.21 Å². The van der Waals surface area contributed by atoms with E-state index in [4.69, 9.17) is 4.74 Å². The largest absolute Gasteiger partial charge is 0.507 e. The number of tetrazole rings is 1. The number of nitrogens with zero attached hydrogens (tertiary/aromatic N) is 4. The molecule has 8 nitrogen and oxygen atoms in total. The molecule has 2 atom stereocenters. The molecule has 0 aliphatic carbocycles. The van der Waals surface area contributed by atoms with Crippen molar-refractivity contribution in [1.82, 2.24) is 20.6 Å². The number of aliphatic hydroxyl groups is 2. The van der Waals surface area contributed by atoms with Crippen molar-refractivity contribution in [2.75, 3.05) is 12.0 Å². The van der Waals surface area contributed by atoms with Gasteiger partial charge in [0.05, 0.1) is 13.2 Å². The van der Waals surface area contributed by atoms with Crippen LogP contribution >= 0.6 is 0 Å². The molecule has 0 bridgehead atoms. The Labute approximate surface area is 149 Å². The monoisotopic (exact) mass is 351 g/mol. The fourth-order valence-corrected chi connectivity index (χ4v) is 3.22. The number of methoxy groups -OCH3 is 1. The number of H-pyrrole nitrogens is 1. The topological polar surface area (TPSA) is 107 Å². The van der Waals surface area contributed by atoms with E-state index in [2.05, 4.69) is 20.6 Å². The van der Waals surface area contributed by atoms with Crippen molar-refractivity contribution in [3.05, 3.63) is 71.5 Å². The summed E-state index contributed by atoms with van der Waals surface area (Å²) in [5.41, 5.74) is 2.24. The third kappa shape index (κ3) is 2.56. The highest BCUT2D eigenvalue weighted by Crippen LogP contribution is 2.46. The molecule has 2 unspecified atom stereocenters. The van der Waals surface area contributed by atoms with E-state index in [0.717, 1.165) is 11.1 Å². The van der Waals surface area contributed by atoms with Crippen LogP contribution in [-0.4, -0.2) is 44.2 Å². The number of ether oxygens (including phenoxy) is 1. The molecule has 8 heteroatoms. The minimum absolute atomic E-state index is 0.137. The van der Waals surface area contributed by atoms with Crippen LogP contribution in [0.3, 0.4) is 0 Å². The summed E-state index contributed by atoms with van der Waals surface area (Å²) >= 11 is 0. The predicted molar refractivity (Wildman–Crippen MR) is 94.4 cm³/mol. The zero-order chi connectivity index (χ0) is 18.1. The minimum atomic E-state index is -1.28. The maximum atomic E-state index is 10.7. The lowest BCUT2D eigenvalue weighted by molar-refractivity contribution is 0.156. The Morgan fingerprint density at radius 3 is 2.42 bits per heavy atom. The molecule has 0 fully saturated rings. The van der Waals surface area contributed by atoms with Crippen LogP contribution in [0, 0.1) is 0 Å². The highest BCUT2D eigenvalue weighted by atomic mass is 16.5. The highest BCUT2D eigenvalue weighted by molar-refractivity contribution is 5.80. The molecule has 0 saturated heterocycles. The molecule has 2 heterocycles. The summed E-state index contributed by atoms with van der Waals surface area (Å²) in [6.45, 7) is 0. The van der Waals surface area contributed by atoms with E-state index in [1.165, 1.54) is 4.90 Å². The van der Waals surface area contributed by atoms with Crippen molar-refractivity contribution in [1.29, 1.82) is 0 Å². The fraction of sp³-hybridized carbons (Fsp3) is 0.167. The second-order valence-electron chi connectivity index (χ2n) is 5.83. The van der Waals surface area contributed by atoms with Crippen molar-refractivity contribution < 1.29 is 14.9 Å². The molecule has 132 valence electrons. The molecule has 0 saturated carbocycles. The summed E-state index contributed by atoms with van der Waals surface area (Å²) in [6, 6.07) is 16.3. The standard InChI is InChI=1S/C18H17N5O3/c1-26-13-9-7-12(8-10-13)15-14(11-5-3-2-4-6-11)16(24)17(25)23(15)18-19-21-22-20-18/h2-10,15,17,24-25H,1H3,(H,19,20,21,22). The molecular formula is C18H17N5O3.